The third kappa shape index (κ3) is 3.44. The van der Waals surface area contributed by atoms with Crippen molar-refractivity contribution in [2.24, 2.45) is 5.92 Å². The van der Waals surface area contributed by atoms with Crippen molar-refractivity contribution in [3.05, 3.63) is 22.3 Å². The van der Waals surface area contributed by atoms with Gasteiger partial charge in [0.15, 0.2) is 0 Å². The Kier molecular flexibility index (Phi) is 3.86. The van der Waals surface area contributed by atoms with E-state index in [2.05, 4.69) is 40.4 Å². The average Bonchev–Trinajstić information content (AvgIpc) is 2.86. The van der Waals surface area contributed by atoms with Crippen molar-refractivity contribution < 1.29 is 0 Å². The Morgan fingerprint density at radius 2 is 2.25 bits per heavy atom. The van der Waals surface area contributed by atoms with Gasteiger partial charge in [0.2, 0.25) is 0 Å². The lowest BCUT2D eigenvalue weighted by Crippen LogP contribution is -2.09. The highest BCUT2D eigenvalue weighted by Crippen LogP contribution is 2.27. The molecule has 0 atom stereocenters. The highest BCUT2D eigenvalue weighted by Gasteiger charge is 2.19. The van der Waals surface area contributed by atoms with Crippen LogP contribution in [0.2, 0.25) is 0 Å². The molecule has 1 fully saturated rings. The monoisotopic (exact) mass is 229 g/mol. The van der Waals surface area contributed by atoms with E-state index in [1.54, 1.807) is 0 Å². The molecule has 0 spiro atoms. The molecule has 0 aliphatic heterocycles. The van der Waals surface area contributed by atoms with Crippen LogP contribution in [0, 0.1) is 5.92 Å². The summed E-state index contributed by atoms with van der Waals surface area (Å²) in [7, 11) is 0. The molecule has 0 radical (unpaired) electrons. The minimum absolute atomic E-state index is 0.943. The zero-order valence-corrected chi connectivity index (χ0v) is 9.32. The van der Waals surface area contributed by atoms with Crippen molar-refractivity contribution in [3.63, 3.8) is 0 Å². The molecule has 2 heteroatoms. The van der Waals surface area contributed by atoms with Crippen molar-refractivity contribution >= 4 is 15.9 Å². The SMILES string of the molecule is C/C=C(Br)\C(C)=C\NCC1CC1. The van der Waals surface area contributed by atoms with E-state index in [4.69, 9.17) is 0 Å². The Balaban J connectivity index is 2.23. The predicted molar refractivity (Wildman–Crippen MR) is 57.2 cm³/mol. The maximum atomic E-state index is 3.48. The van der Waals surface area contributed by atoms with Crippen LogP contribution in [0.4, 0.5) is 0 Å². The van der Waals surface area contributed by atoms with Gasteiger partial charge in [0.05, 0.1) is 0 Å². The largest absolute Gasteiger partial charge is 0.390 e. The van der Waals surface area contributed by atoms with E-state index in [9.17, 15) is 0 Å². The lowest BCUT2D eigenvalue weighted by Gasteiger charge is -2.01. The molecule has 0 saturated heterocycles. The first-order valence-corrected chi connectivity index (χ1v) is 5.25. The summed E-state index contributed by atoms with van der Waals surface area (Å²) in [6.07, 6.45) is 6.96. The standard InChI is InChI=1S/C10H16BrN/c1-3-10(11)8(2)6-12-7-9-4-5-9/h3,6,9,12H,4-5,7H2,1-2H3/b8-6+,10-3+. The third-order valence-corrected chi connectivity index (χ3v) is 3.14. The van der Waals surface area contributed by atoms with Crippen LogP contribution in [0.25, 0.3) is 0 Å². The summed E-state index contributed by atoms with van der Waals surface area (Å²) in [6.45, 7) is 5.27. The van der Waals surface area contributed by atoms with Crippen LogP contribution in [0.5, 0.6) is 0 Å². The molecule has 0 heterocycles. The lowest BCUT2D eigenvalue weighted by atomic mass is 10.3. The van der Waals surface area contributed by atoms with Crippen molar-refractivity contribution in [2.75, 3.05) is 6.54 Å². The predicted octanol–water partition coefficient (Wildman–Crippen LogP) is 3.19. The molecule has 12 heavy (non-hydrogen) atoms. The molecular weight excluding hydrogens is 214 g/mol. The van der Waals surface area contributed by atoms with E-state index >= 15 is 0 Å². The molecule has 1 aliphatic carbocycles. The fourth-order valence-corrected chi connectivity index (χ4v) is 1.11. The Morgan fingerprint density at radius 3 is 2.75 bits per heavy atom. The number of hydrogen-bond acceptors (Lipinski definition) is 1. The van der Waals surface area contributed by atoms with Gasteiger partial charge in [0.1, 0.15) is 0 Å². The first-order valence-electron chi connectivity index (χ1n) is 4.46. The number of rotatable bonds is 4. The maximum Gasteiger partial charge on any atom is 0.0176 e. The van der Waals surface area contributed by atoms with Gasteiger partial charge in [-0.05, 0) is 38.2 Å². The van der Waals surface area contributed by atoms with Gasteiger partial charge in [-0.3, -0.25) is 0 Å². The van der Waals surface area contributed by atoms with Crippen molar-refractivity contribution in [2.45, 2.75) is 26.7 Å². The summed E-state index contributed by atoms with van der Waals surface area (Å²) in [6, 6.07) is 0. The maximum absolute atomic E-state index is 3.48. The highest BCUT2D eigenvalue weighted by molar-refractivity contribution is 9.11. The lowest BCUT2D eigenvalue weighted by molar-refractivity contribution is 0.744. The zero-order valence-electron chi connectivity index (χ0n) is 7.73. The first kappa shape index (κ1) is 9.85. The molecule has 0 amide bonds. The van der Waals surface area contributed by atoms with Gasteiger partial charge in [0, 0.05) is 17.2 Å². The van der Waals surface area contributed by atoms with Gasteiger partial charge in [-0.2, -0.15) is 0 Å². The second kappa shape index (κ2) is 4.70. The van der Waals surface area contributed by atoms with E-state index in [-0.39, 0.29) is 0 Å². The Labute approximate surface area is 83.1 Å². The second-order valence-corrected chi connectivity index (χ2v) is 4.17. The second-order valence-electron chi connectivity index (χ2n) is 3.32. The van der Waals surface area contributed by atoms with Crippen LogP contribution in [0.15, 0.2) is 22.3 Å². The number of allylic oxidation sites excluding steroid dienone is 3. The molecule has 1 aliphatic rings. The van der Waals surface area contributed by atoms with Crippen molar-refractivity contribution in [3.8, 4) is 0 Å². The summed E-state index contributed by atoms with van der Waals surface area (Å²) in [4.78, 5) is 0. The molecule has 1 nitrogen and oxygen atoms in total. The van der Waals surface area contributed by atoms with Crippen LogP contribution in [-0.4, -0.2) is 6.54 Å². The summed E-state index contributed by atoms with van der Waals surface area (Å²) in [5.74, 6) is 0.943. The fraction of sp³-hybridized carbons (Fsp3) is 0.600. The minimum atomic E-state index is 0.943. The smallest absolute Gasteiger partial charge is 0.0176 e. The summed E-state index contributed by atoms with van der Waals surface area (Å²) >= 11 is 3.48. The van der Waals surface area contributed by atoms with E-state index < -0.39 is 0 Å². The van der Waals surface area contributed by atoms with Crippen molar-refractivity contribution in [1.29, 1.82) is 0 Å². The average molecular weight is 230 g/mol. The highest BCUT2D eigenvalue weighted by atomic mass is 79.9. The van der Waals surface area contributed by atoms with Gasteiger partial charge in [-0.25, -0.2) is 0 Å². The Bertz CT molecular complexity index is 202. The number of nitrogens with one attached hydrogen (secondary N) is 1. The molecule has 0 aromatic heterocycles. The molecule has 1 N–H and O–H groups in total. The topological polar surface area (TPSA) is 12.0 Å². The number of hydrogen-bond donors (Lipinski definition) is 1. The summed E-state index contributed by atoms with van der Waals surface area (Å²) in [5.41, 5.74) is 1.26. The van der Waals surface area contributed by atoms with Gasteiger partial charge >= 0.3 is 0 Å². The first-order chi connectivity index (χ1) is 5.74. The molecule has 68 valence electrons. The quantitative estimate of drug-likeness (QED) is 0.731. The molecule has 0 unspecified atom stereocenters. The Hall–Kier alpha value is -0.240. The minimum Gasteiger partial charge on any atom is -0.390 e. The van der Waals surface area contributed by atoms with Crippen LogP contribution in [0.3, 0.4) is 0 Å². The van der Waals surface area contributed by atoms with E-state index in [0.717, 1.165) is 12.5 Å². The molecule has 0 bridgehead atoms. The van der Waals surface area contributed by atoms with Crippen LogP contribution < -0.4 is 5.32 Å². The normalized spacial score (nSPS) is 19.6. The molecule has 1 rings (SSSR count). The van der Waals surface area contributed by atoms with E-state index in [0.29, 0.717) is 0 Å². The van der Waals surface area contributed by atoms with Gasteiger partial charge < -0.3 is 5.32 Å². The molecule has 0 aromatic rings. The van der Waals surface area contributed by atoms with Crippen LogP contribution in [-0.2, 0) is 0 Å². The molecule has 1 saturated carbocycles. The van der Waals surface area contributed by atoms with Gasteiger partial charge in [-0.15, -0.1) is 0 Å². The molecule has 0 aromatic carbocycles. The van der Waals surface area contributed by atoms with E-state index in [1.165, 1.54) is 22.9 Å². The fourth-order valence-electron chi connectivity index (χ4n) is 0.997. The van der Waals surface area contributed by atoms with Gasteiger partial charge in [-0.1, -0.05) is 22.0 Å². The van der Waals surface area contributed by atoms with Crippen molar-refractivity contribution in [1.82, 2.24) is 5.32 Å². The van der Waals surface area contributed by atoms with E-state index in [1.807, 2.05) is 6.92 Å². The number of halogens is 1. The van der Waals surface area contributed by atoms with Crippen LogP contribution >= 0.6 is 15.9 Å². The van der Waals surface area contributed by atoms with Crippen LogP contribution in [0.1, 0.15) is 26.7 Å². The Morgan fingerprint density at radius 1 is 1.58 bits per heavy atom. The van der Waals surface area contributed by atoms with Gasteiger partial charge in [0.25, 0.3) is 0 Å². The third-order valence-electron chi connectivity index (χ3n) is 2.05. The molecular formula is C10H16BrN. The zero-order chi connectivity index (χ0) is 8.97. The summed E-state index contributed by atoms with van der Waals surface area (Å²) < 4.78 is 1.17. The summed E-state index contributed by atoms with van der Waals surface area (Å²) in [5, 5.41) is 3.33.